The minimum atomic E-state index is -0.545. The number of non-ortho nitro benzene ring substituents is 1. The Morgan fingerprint density at radius 1 is 1.29 bits per heavy atom. The second-order valence-corrected chi connectivity index (χ2v) is 5.18. The molecule has 1 saturated heterocycles. The van der Waals surface area contributed by atoms with Crippen LogP contribution in [0.1, 0.15) is 26.7 Å². The third kappa shape index (κ3) is 3.01. The first-order valence-electron chi connectivity index (χ1n) is 6.80. The van der Waals surface area contributed by atoms with E-state index in [9.17, 15) is 19.7 Å². The van der Waals surface area contributed by atoms with Crippen molar-refractivity contribution < 1.29 is 14.5 Å². The number of carbonyl (C=O) groups is 2. The summed E-state index contributed by atoms with van der Waals surface area (Å²) in [5, 5.41) is 10.8. The molecule has 1 heterocycles. The van der Waals surface area contributed by atoms with E-state index in [0.29, 0.717) is 13.0 Å². The molecule has 1 aliphatic heterocycles. The number of carbonyl (C=O) groups excluding carboxylic acids is 2. The van der Waals surface area contributed by atoms with Crippen molar-refractivity contribution in [3.8, 4) is 0 Å². The lowest BCUT2D eigenvalue weighted by atomic mass is 10.2. The number of nitro benzene ring substituents is 1. The van der Waals surface area contributed by atoms with Gasteiger partial charge in [-0.15, -0.1) is 0 Å². The summed E-state index contributed by atoms with van der Waals surface area (Å²) in [5.41, 5.74) is 0.0974. The molecule has 1 fully saturated rings. The van der Waals surface area contributed by atoms with E-state index in [-0.39, 0.29) is 29.7 Å². The molecule has 7 nitrogen and oxygen atoms in total. The predicted molar refractivity (Wildman–Crippen MR) is 77.1 cm³/mol. The third-order valence-corrected chi connectivity index (χ3v) is 3.40. The molecule has 0 spiro atoms. The summed E-state index contributed by atoms with van der Waals surface area (Å²) in [6.45, 7) is 4.26. The Bertz CT molecular complexity index is 585. The second kappa shape index (κ2) is 5.90. The Balaban J connectivity index is 2.42. The van der Waals surface area contributed by atoms with E-state index in [1.54, 1.807) is 4.90 Å². The molecule has 7 heteroatoms. The van der Waals surface area contributed by atoms with Crippen LogP contribution in [0, 0.1) is 10.1 Å². The summed E-state index contributed by atoms with van der Waals surface area (Å²) in [7, 11) is 0. The van der Waals surface area contributed by atoms with Crippen LogP contribution >= 0.6 is 0 Å². The monoisotopic (exact) mass is 291 g/mol. The van der Waals surface area contributed by atoms with Crippen molar-refractivity contribution in [1.82, 2.24) is 4.90 Å². The molecule has 2 rings (SSSR count). The van der Waals surface area contributed by atoms with E-state index in [1.165, 1.54) is 24.3 Å². The predicted octanol–water partition coefficient (Wildman–Crippen LogP) is 2.55. The fourth-order valence-corrected chi connectivity index (χ4v) is 2.32. The minimum absolute atomic E-state index is 0.0374. The van der Waals surface area contributed by atoms with Gasteiger partial charge in [0.05, 0.1) is 10.6 Å². The number of nitrogens with zero attached hydrogens (tertiary/aromatic N) is 3. The van der Waals surface area contributed by atoms with Crippen LogP contribution in [0.2, 0.25) is 0 Å². The zero-order chi connectivity index (χ0) is 15.6. The molecule has 1 aliphatic rings. The van der Waals surface area contributed by atoms with Crippen LogP contribution in [0.3, 0.4) is 0 Å². The Hall–Kier alpha value is -2.44. The SMILES string of the molecule is CC(C)N1CCCC(=O)N(c2cccc([N+](=O)[O-])c2)C1=O. The molecule has 0 bridgehead atoms. The van der Waals surface area contributed by atoms with Gasteiger partial charge in [0.1, 0.15) is 0 Å². The molecular formula is C14H17N3O4. The first-order chi connectivity index (χ1) is 9.91. The highest BCUT2D eigenvalue weighted by Crippen LogP contribution is 2.25. The number of anilines is 1. The number of urea groups is 1. The Morgan fingerprint density at radius 3 is 2.62 bits per heavy atom. The van der Waals surface area contributed by atoms with Crippen LogP contribution in [0.25, 0.3) is 0 Å². The summed E-state index contributed by atoms with van der Waals surface area (Å²) in [6, 6.07) is 5.12. The average Bonchev–Trinajstić information content (AvgIpc) is 2.57. The van der Waals surface area contributed by atoms with Gasteiger partial charge < -0.3 is 4.90 Å². The topological polar surface area (TPSA) is 83.8 Å². The van der Waals surface area contributed by atoms with Gasteiger partial charge in [-0.1, -0.05) is 6.07 Å². The molecular weight excluding hydrogens is 274 g/mol. The van der Waals surface area contributed by atoms with E-state index in [1.807, 2.05) is 13.8 Å². The molecule has 1 aromatic carbocycles. The number of nitro groups is 1. The van der Waals surface area contributed by atoms with Gasteiger partial charge in [-0.2, -0.15) is 0 Å². The van der Waals surface area contributed by atoms with Gasteiger partial charge in [0, 0.05) is 31.1 Å². The van der Waals surface area contributed by atoms with Crippen molar-refractivity contribution in [2.24, 2.45) is 0 Å². The number of hydrogen-bond acceptors (Lipinski definition) is 4. The Morgan fingerprint density at radius 2 is 2.00 bits per heavy atom. The van der Waals surface area contributed by atoms with Crippen LogP contribution in [0.4, 0.5) is 16.2 Å². The van der Waals surface area contributed by atoms with Crippen molar-refractivity contribution in [2.45, 2.75) is 32.7 Å². The van der Waals surface area contributed by atoms with Gasteiger partial charge >= 0.3 is 6.03 Å². The van der Waals surface area contributed by atoms with Gasteiger partial charge in [-0.3, -0.25) is 14.9 Å². The van der Waals surface area contributed by atoms with Crippen LogP contribution < -0.4 is 4.90 Å². The van der Waals surface area contributed by atoms with E-state index in [2.05, 4.69) is 0 Å². The van der Waals surface area contributed by atoms with Crippen molar-refractivity contribution >= 4 is 23.3 Å². The lowest BCUT2D eigenvalue weighted by Crippen LogP contribution is -2.47. The quantitative estimate of drug-likeness (QED) is 0.633. The highest BCUT2D eigenvalue weighted by molar-refractivity contribution is 6.14. The van der Waals surface area contributed by atoms with Gasteiger partial charge in [-0.05, 0) is 26.3 Å². The van der Waals surface area contributed by atoms with E-state index < -0.39 is 11.0 Å². The molecule has 0 N–H and O–H groups in total. The first-order valence-corrected chi connectivity index (χ1v) is 6.80. The Labute approximate surface area is 122 Å². The fourth-order valence-electron chi connectivity index (χ4n) is 2.32. The van der Waals surface area contributed by atoms with E-state index in [4.69, 9.17) is 0 Å². The maximum atomic E-state index is 12.5. The molecule has 3 amide bonds. The van der Waals surface area contributed by atoms with Crippen molar-refractivity contribution in [1.29, 1.82) is 0 Å². The van der Waals surface area contributed by atoms with Crippen LogP contribution in [0.5, 0.6) is 0 Å². The summed E-state index contributed by atoms with van der Waals surface area (Å²) < 4.78 is 0. The summed E-state index contributed by atoms with van der Waals surface area (Å²) in [6.07, 6.45) is 0.839. The largest absolute Gasteiger partial charge is 0.331 e. The number of amides is 3. The first kappa shape index (κ1) is 15.0. The molecule has 1 aromatic rings. The lowest BCUT2D eigenvalue weighted by Gasteiger charge is -2.29. The van der Waals surface area contributed by atoms with Crippen LogP contribution in [-0.4, -0.2) is 34.3 Å². The van der Waals surface area contributed by atoms with Crippen molar-refractivity contribution in [3.63, 3.8) is 0 Å². The zero-order valence-corrected chi connectivity index (χ0v) is 12.0. The molecule has 21 heavy (non-hydrogen) atoms. The molecule has 0 atom stereocenters. The molecule has 112 valence electrons. The molecule has 0 aromatic heterocycles. The molecule has 0 aliphatic carbocycles. The highest BCUT2D eigenvalue weighted by Gasteiger charge is 2.32. The highest BCUT2D eigenvalue weighted by atomic mass is 16.6. The summed E-state index contributed by atoms with van der Waals surface area (Å²) in [5.74, 6) is -0.330. The minimum Gasteiger partial charge on any atom is -0.322 e. The van der Waals surface area contributed by atoms with Crippen LogP contribution in [-0.2, 0) is 4.79 Å². The van der Waals surface area contributed by atoms with Crippen molar-refractivity contribution in [3.05, 3.63) is 34.4 Å². The summed E-state index contributed by atoms with van der Waals surface area (Å²) in [4.78, 5) is 37.7. The van der Waals surface area contributed by atoms with Gasteiger partial charge in [0.2, 0.25) is 5.91 Å². The molecule has 0 radical (unpaired) electrons. The normalized spacial score (nSPS) is 16.3. The van der Waals surface area contributed by atoms with Crippen molar-refractivity contribution in [2.75, 3.05) is 11.4 Å². The number of hydrogen-bond donors (Lipinski definition) is 0. The summed E-state index contributed by atoms with van der Waals surface area (Å²) >= 11 is 0. The number of rotatable bonds is 3. The van der Waals surface area contributed by atoms with E-state index in [0.717, 1.165) is 4.90 Å². The third-order valence-electron chi connectivity index (χ3n) is 3.40. The van der Waals surface area contributed by atoms with E-state index >= 15 is 0 Å². The lowest BCUT2D eigenvalue weighted by molar-refractivity contribution is -0.384. The maximum Gasteiger partial charge on any atom is 0.331 e. The van der Waals surface area contributed by atoms with Gasteiger partial charge in [0.25, 0.3) is 5.69 Å². The molecule has 0 unspecified atom stereocenters. The Kier molecular flexibility index (Phi) is 4.21. The van der Waals surface area contributed by atoms with Gasteiger partial charge in [0.15, 0.2) is 0 Å². The maximum absolute atomic E-state index is 12.5. The fraction of sp³-hybridized carbons (Fsp3) is 0.429. The average molecular weight is 291 g/mol. The number of imide groups is 1. The standard InChI is InChI=1S/C14H17N3O4/c1-10(2)15-8-4-7-13(18)16(14(15)19)11-5-3-6-12(9-11)17(20)21/h3,5-6,9-10H,4,7-8H2,1-2H3. The van der Waals surface area contributed by atoms with Gasteiger partial charge in [-0.25, -0.2) is 9.69 Å². The smallest absolute Gasteiger partial charge is 0.322 e. The molecule has 0 saturated carbocycles. The zero-order valence-electron chi connectivity index (χ0n) is 12.0. The van der Waals surface area contributed by atoms with Crippen LogP contribution in [0.15, 0.2) is 24.3 Å². The second-order valence-electron chi connectivity index (χ2n) is 5.18. The number of benzene rings is 1.